The van der Waals surface area contributed by atoms with E-state index in [4.69, 9.17) is 9.47 Å². The summed E-state index contributed by atoms with van der Waals surface area (Å²) >= 11 is 0. The summed E-state index contributed by atoms with van der Waals surface area (Å²) in [6.07, 6.45) is -4.73. The molecule has 27 heavy (non-hydrogen) atoms. The quantitative estimate of drug-likeness (QED) is 0.757. The Morgan fingerprint density at radius 2 is 1.81 bits per heavy atom. The van der Waals surface area contributed by atoms with E-state index in [1.165, 1.54) is 6.92 Å². The van der Waals surface area contributed by atoms with Crippen LogP contribution in [-0.2, 0) is 15.7 Å². The molecule has 1 aromatic carbocycles. The van der Waals surface area contributed by atoms with E-state index in [2.05, 4.69) is 10.6 Å². The molecule has 0 saturated heterocycles. The Morgan fingerprint density at radius 1 is 1.19 bits per heavy atom. The van der Waals surface area contributed by atoms with Crippen LogP contribution in [-0.4, -0.2) is 30.3 Å². The molecule has 2 N–H and O–H groups in total. The lowest BCUT2D eigenvalue weighted by Crippen LogP contribution is -2.44. The van der Waals surface area contributed by atoms with Gasteiger partial charge < -0.3 is 20.1 Å². The van der Waals surface area contributed by atoms with E-state index in [1.54, 1.807) is 20.8 Å². The first-order valence-corrected chi connectivity index (χ1v) is 8.48. The van der Waals surface area contributed by atoms with Crippen molar-refractivity contribution in [2.45, 2.75) is 58.9 Å². The van der Waals surface area contributed by atoms with Crippen LogP contribution in [0, 0.1) is 0 Å². The van der Waals surface area contributed by atoms with Crippen LogP contribution >= 0.6 is 0 Å². The number of anilines is 1. The average molecular weight is 390 g/mol. The number of carbonyl (C=O) groups is 2. The lowest BCUT2D eigenvalue weighted by Gasteiger charge is -2.22. The van der Waals surface area contributed by atoms with E-state index in [1.807, 2.05) is 6.92 Å². The molecule has 9 heteroatoms. The number of alkyl halides is 3. The number of benzene rings is 1. The highest BCUT2D eigenvalue weighted by Gasteiger charge is 2.31. The summed E-state index contributed by atoms with van der Waals surface area (Å²) in [5.74, 6) is -0.593. The Kier molecular flexibility index (Phi) is 7.50. The zero-order chi connectivity index (χ0) is 20.8. The van der Waals surface area contributed by atoms with Crippen LogP contribution in [0.1, 0.15) is 46.6 Å². The van der Waals surface area contributed by atoms with Gasteiger partial charge in [0.05, 0.1) is 17.9 Å². The standard InChI is InChI=1S/C18H25F3N2O4/c1-6-9-26-14-8-7-12(18(19,20)21)10-13(14)23-15(24)11(2)22-16(25)27-17(3,4)5/h7-8,10-11H,6,9H2,1-5H3,(H,22,25)(H,23,24). The van der Waals surface area contributed by atoms with Crippen molar-refractivity contribution in [3.8, 4) is 5.75 Å². The highest BCUT2D eigenvalue weighted by molar-refractivity contribution is 5.97. The molecule has 0 fully saturated rings. The largest absolute Gasteiger partial charge is 0.491 e. The van der Waals surface area contributed by atoms with Gasteiger partial charge >= 0.3 is 12.3 Å². The lowest BCUT2D eigenvalue weighted by molar-refractivity contribution is -0.137. The van der Waals surface area contributed by atoms with Crippen LogP contribution in [0.4, 0.5) is 23.7 Å². The number of carbonyl (C=O) groups excluding carboxylic acids is 2. The van der Waals surface area contributed by atoms with Gasteiger partial charge in [0, 0.05) is 0 Å². The fourth-order valence-electron chi connectivity index (χ4n) is 1.93. The van der Waals surface area contributed by atoms with Gasteiger partial charge in [0.25, 0.3) is 0 Å². The van der Waals surface area contributed by atoms with E-state index in [0.29, 0.717) is 6.42 Å². The van der Waals surface area contributed by atoms with Gasteiger partial charge in [-0.25, -0.2) is 4.79 Å². The molecule has 152 valence electrons. The molecule has 2 amide bonds. The third kappa shape index (κ3) is 7.76. The van der Waals surface area contributed by atoms with Crippen molar-refractivity contribution < 1.29 is 32.2 Å². The summed E-state index contributed by atoms with van der Waals surface area (Å²) < 4.78 is 49.3. The van der Waals surface area contributed by atoms with Crippen molar-refractivity contribution >= 4 is 17.7 Å². The van der Waals surface area contributed by atoms with Crippen molar-refractivity contribution in [3.63, 3.8) is 0 Å². The van der Waals surface area contributed by atoms with E-state index in [9.17, 15) is 22.8 Å². The summed E-state index contributed by atoms with van der Waals surface area (Å²) in [6, 6.07) is 1.79. The Morgan fingerprint density at radius 3 is 2.33 bits per heavy atom. The minimum absolute atomic E-state index is 0.114. The Hall–Kier alpha value is -2.45. The zero-order valence-corrected chi connectivity index (χ0v) is 16.0. The van der Waals surface area contributed by atoms with Gasteiger partial charge in [-0.05, 0) is 52.3 Å². The molecule has 0 bridgehead atoms. The average Bonchev–Trinajstić information content (AvgIpc) is 2.50. The topological polar surface area (TPSA) is 76.7 Å². The maximum absolute atomic E-state index is 13.0. The fourth-order valence-corrected chi connectivity index (χ4v) is 1.93. The van der Waals surface area contributed by atoms with Crippen LogP contribution in [0.2, 0.25) is 0 Å². The molecule has 6 nitrogen and oxygen atoms in total. The van der Waals surface area contributed by atoms with Crippen LogP contribution < -0.4 is 15.4 Å². The van der Waals surface area contributed by atoms with E-state index in [-0.39, 0.29) is 18.0 Å². The maximum Gasteiger partial charge on any atom is 0.416 e. The third-order valence-electron chi connectivity index (χ3n) is 3.15. The summed E-state index contributed by atoms with van der Waals surface area (Å²) in [5.41, 5.74) is -1.79. The lowest BCUT2D eigenvalue weighted by atomic mass is 10.1. The fraction of sp³-hybridized carbons (Fsp3) is 0.556. The SMILES string of the molecule is CCCOc1ccc(C(F)(F)F)cc1NC(=O)C(C)NC(=O)OC(C)(C)C. The Balaban J connectivity index is 2.93. The number of alkyl carbamates (subject to hydrolysis) is 1. The minimum Gasteiger partial charge on any atom is -0.491 e. The molecule has 1 unspecified atom stereocenters. The van der Waals surface area contributed by atoms with Gasteiger partial charge in [0.15, 0.2) is 0 Å². The number of amides is 2. The Labute approximate surface area is 156 Å². The smallest absolute Gasteiger partial charge is 0.416 e. The second-order valence-corrected chi connectivity index (χ2v) is 6.91. The monoisotopic (exact) mass is 390 g/mol. The second kappa shape index (κ2) is 8.96. The molecule has 1 aromatic rings. The summed E-state index contributed by atoms with van der Waals surface area (Å²) in [4.78, 5) is 24.0. The van der Waals surface area contributed by atoms with Gasteiger partial charge in [-0.15, -0.1) is 0 Å². The van der Waals surface area contributed by atoms with E-state index >= 15 is 0 Å². The van der Waals surface area contributed by atoms with Crippen molar-refractivity contribution in [3.05, 3.63) is 23.8 Å². The molecule has 0 saturated carbocycles. The van der Waals surface area contributed by atoms with Gasteiger partial charge in [0.1, 0.15) is 17.4 Å². The van der Waals surface area contributed by atoms with Crippen molar-refractivity contribution in [1.82, 2.24) is 5.32 Å². The first-order valence-electron chi connectivity index (χ1n) is 8.48. The molecule has 0 aliphatic rings. The second-order valence-electron chi connectivity index (χ2n) is 6.91. The predicted octanol–water partition coefficient (Wildman–Crippen LogP) is 4.35. The molecule has 1 rings (SSSR count). The summed E-state index contributed by atoms with van der Waals surface area (Å²) in [5, 5.41) is 4.69. The minimum atomic E-state index is -4.57. The maximum atomic E-state index is 13.0. The van der Waals surface area contributed by atoms with Crippen molar-refractivity contribution in [2.75, 3.05) is 11.9 Å². The highest BCUT2D eigenvalue weighted by atomic mass is 19.4. The molecule has 0 spiro atoms. The number of hydrogen-bond donors (Lipinski definition) is 2. The van der Waals surface area contributed by atoms with Crippen LogP contribution in [0.25, 0.3) is 0 Å². The molecule has 1 atom stereocenters. The molecular formula is C18H25F3N2O4. The molecule has 0 heterocycles. The van der Waals surface area contributed by atoms with Crippen LogP contribution in [0.5, 0.6) is 5.75 Å². The number of rotatable bonds is 6. The molecule has 0 aromatic heterocycles. The van der Waals surface area contributed by atoms with Crippen LogP contribution in [0.3, 0.4) is 0 Å². The highest BCUT2D eigenvalue weighted by Crippen LogP contribution is 2.35. The van der Waals surface area contributed by atoms with Gasteiger partial charge in [-0.3, -0.25) is 4.79 Å². The normalized spacial score (nSPS) is 12.9. The molecular weight excluding hydrogens is 365 g/mol. The third-order valence-corrected chi connectivity index (χ3v) is 3.15. The van der Waals surface area contributed by atoms with E-state index in [0.717, 1.165) is 18.2 Å². The number of halogens is 3. The summed E-state index contributed by atoms with van der Waals surface area (Å²) in [7, 11) is 0. The number of nitrogens with one attached hydrogen (secondary N) is 2. The molecule has 0 aliphatic carbocycles. The number of ether oxygens (including phenoxy) is 2. The van der Waals surface area contributed by atoms with Gasteiger partial charge in [-0.2, -0.15) is 13.2 Å². The first-order chi connectivity index (χ1) is 12.3. The van der Waals surface area contributed by atoms with Gasteiger partial charge in [-0.1, -0.05) is 6.92 Å². The van der Waals surface area contributed by atoms with Gasteiger partial charge in [0.2, 0.25) is 5.91 Å². The van der Waals surface area contributed by atoms with Crippen LogP contribution in [0.15, 0.2) is 18.2 Å². The number of hydrogen-bond acceptors (Lipinski definition) is 4. The van der Waals surface area contributed by atoms with E-state index < -0.39 is 35.4 Å². The predicted molar refractivity (Wildman–Crippen MR) is 94.7 cm³/mol. The molecule has 0 aliphatic heterocycles. The first kappa shape index (κ1) is 22.6. The molecule has 0 radical (unpaired) electrons. The summed E-state index contributed by atoms with van der Waals surface area (Å²) in [6.45, 7) is 8.50. The van der Waals surface area contributed by atoms with Crippen molar-refractivity contribution in [1.29, 1.82) is 0 Å². The Bertz CT molecular complexity index is 670. The zero-order valence-electron chi connectivity index (χ0n) is 16.0. The van der Waals surface area contributed by atoms with Crippen molar-refractivity contribution in [2.24, 2.45) is 0 Å².